The van der Waals surface area contributed by atoms with Gasteiger partial charge in [-0.3, -0.25) is 4.79 Å². The molecule has 0 aliphatic carbocycles. The maximum atomic E-state index is 12.9. The first-order valence-corrected chi connectivity index (χ1v) is 7.64. The van der Waals surface area contributed by atoms with Crippen molar-refractivity contribution in [1.82, 2.24) is 5.32 Å². The van der Waals surface area contributed by atoms with Gasteiger partial charge in [0.1, 0.15) is 12.4 Å². The summed E-state index contributed by atoms with van der Waals surface area (Å²) in [4.78, 5) is 13.6. The number of carbonyl (C=O) groups excluding carboxylic acids is 1. The van der Waals surface area contributed by atoms with E-state index in [4.69, 9.17) is 0 Å². The van der Waals surface area contributed by atoms with E-state index < -0.39 is 0 Å². The number of hydrogen-bond acceptors (Lipinski definition) is 1. The van der Waals surface area contributed by atoms with Crippen LogP contribution in [0.2, 0.25) is 0 Å². The molecule has 0 aromatic heterocycles. The van der Waals surface area contributed by atoms with E-state index in [1.807, 2.05) is 6.07 Å². The zero-order chi connectivity index (χ0) is 15.4. The van der Waals surface area contributed by atoms with Gasteiger partial charge in [-0.2, -0.15) is 0 Å². The van der Waals surface area contributed by atoms with Crippen molar-refractivity contribution in [3.63, 3.8) is 0 Å². The second-order valence-electron chi connectivity index (χ2n) is 5.83. The number of carbonyl (C=O) groups is 1. The van der Waals surface area contributed by atoms with Gasteiger partial charge in [-0.25, -0.2) is 4.39 Å². The largest absolute Gasteiger partial charge is 0.343 e. The van der Waals surface area contributed by atoms with Crippen LogP contribution in [0.25, 0.3) is 0 Å². The number of hydrogen-bond donors (Lipinski definition) is 2. The molecule has 114 valence electrons. The lowest BCUT2D eigenvalue weighted by molar-refractivity contribution is -0.901. The first-order chi connectivity index (χ1) is 10.7. The summed E-state index contributed by atoms with van der Waals surface area (Å²) in [6.07, 6.45) is 0.981. The summed E-state index contributed by atoms with van der Waals surface area (Å²) < 4.78 is 12.9. The van der Waals surface area contributed by atoms with E-state index >= 15 is 0 Å². The number of rotatable bonds is 4. The first kappa shape index (κ1) is 14.7. The van der Waals surface area contributed by atoms with Gasteiger partial charge in [-0.1, -0.05) is 30.3 Å². The average molecular weight is 299 g/mol. The molecule has 2 aromatic carbocycles. The molecule has 1 aliphatic heterocycles. The van der Waals surface area contributed by atoms with Gasteiger partial charge in [0.05, 0.1) is 19.1 Å². The number of nitrogens with one attached hydrogen (secondary N) is 2. The predicted molar refractivity (Wildman–Crippen MR) is 83.1 cm³/mol. The van der Waals surface area contributed by atoms with Crippen LogP contribution in [-0.2, 0) is 6.54 Å². The van der Waals surface area contributed by atoms with E-state index in [-0.39, 0.29) is 17.8 Å². The number of benzene rings is 2. The number of halogens is 1. The van der Waals surface area contributed by atoms with Gasteiger partial charge < -0.3 is 10.2 Å². The monoisotopic (exact) mass is 299 g/mol. The summed E-state index contributed by atoms with van der Waals surface area (Å²) in [6.45, 7) is 2.98. The minimum atomic E-state index is -0.323. The number of likely N-dealkylation sites (tertiary alicyclic amines) is 1. The van der Waals surface area contributed by atoms with Crippen LogP contribution in [0.5, 0.6) is 0 Å². The lowest BCUT2D eigenvalue weighted by Gasteiger charge is -2.14. The molecule has 0 bridgehead atoms. The molecule has 2 atom stereocenters. The van der Waals surface area contributed by atoms with Crippen molar-refractivity contribution in [2.24, 2.45) is 0 Å². The Morgan fingerprint density at radius 3 is 2.59 bits per heavy atom. The van der Waals surface area contributed by atoms with Crippen LogP contribution in [0.4, 0.5) is 4.39 Å². The molecule has 1 heterocycles. The maximum absolute atomic E-state index is 12.9. The predicted octanol–water partition coefficient (Wildman–Crippen LogP) is 1.41. The fourth-order valence-electron chi connectivity index (χ4n) is 2.97. The molecule has 0 saturated carbocycles. The Kier molecular flexibility index (Phi) is 4.49. The van der Waals surface area contributed by atoms with Crippen LogP contribution < -0.4 is 10.2 Å². The van der Waals surface area contributed by atoms with Gasteiger partial charge in [-0.15, -0.1) is 0 Å². The summed E-state index contributed by atoms with van der Waals surface area (Å²) in [7, 11) is 0. The highest BCUT2D eigenvalue weighted by Crippen LogP contribution is 2.04. The highest BCUT2D eigenvalue weighted by atomic mass is 19.1. The molecule has 1 amide bonds. The van der Waals surface area contributed by atoms with Crippen LogP contribution in [0.1, 0.15) is 22.3 Å². The zero-order valence-corrected chi connectivity index (χ0v) is 12.4. The molecule has 22 heavy (non-hydrogen) atoms. The van der Waals surface area contributed by atoms with Crippen LogP contribution in [0.15, 0.2) is 54.6 Å². The number of amides is 1. The summed E-state index contributed by atoms with van der Waals surface area (Å²) in [5, 5.41) is 3.05. The Labute approximate surface area is 129 Å². The lowest BCUT2D eigenvalue weighted by atomic mass is 10.2. The summed E-state index contributed by atoms with van der Waals surface area (Å²) in [5.74, 6) is -0.443. The van der Waals surface area contributed by atoms with E-state index in [9.17, 15) is 9.18 Å². The normalized spacial score (nSPS) is 20.8. The molecule has 3 rings (SSSR count). The Morgan fingerprint density at radius 1 is 1.14 bits per heavy atom. The summed E-state index contributed by atoms with van der Waals surface area (Å²) in [6, 6.07) is 16.3. The van der Waals surface area contributed by atoms with E-state index in [2.05, 4.69) is 29.6 Å². The van der Waals surface area contributed by atoms with Gasteiger partial charge >= 0.3 is 0 Å². The topological polar surface area (TPSA) is 33.5 Å². The first-order valence-electron chi connectivity index (χ1n) is 7.64. The number of quaternary nitrogens is 1. The summed E-state index contributed by atoms with van der Waals surface area (Å²) >= 11 is 0. The van der Waals surface area contributed by atoms with Gasteiger partial charge in [0.25, 0.3) is 5.91 Å². The second-order valence-corrected chi connectivity index (χ2v) is 5.83. The van der Waals surface area contributed by atoms with Crippen molar-refractivity contribution in [2.75, 3.05) is 13.1 Å². The molecular weight excluding hydrogens is 279 g/mol. The van der Waals surface area contributed by atoms with Crippen molar-refractivity contribution in [2.45, 2.75) is 19.0 Å². The lowest BCUT2D eigenvalue weighted by Crippen LogP contribution is -3.09. The van der Waals surface area contributed by atoms with Gasteiger partial charge in [0, 0.05) is 17.5 Å². The minimum Gasteiger partial charge on any atom is -0.343 e. The maximum Gasteiger partial charge on any atom is 0.251 e. The van der Waals surface area contributed by atoms with E-state index in [0.717, 1.165) is 26.1 Å². The van der Waals surface area contributed by atoms with Crippen molar-refractivity contribution < 1.29 is 14.1 Å². The van der Waals surface area contributed by atoms with Crippen molar-refractivity contribution in [1.29, 1.82) is 0 Å². The molecule has 0 spiro atoms. The van der Waals surface area contributed by atoms with Crippen molar-refractivity contribution in [3.05, 3.63) is 71.5 Å². The van der Waals surface area contributed by atoms with E-state index in [0.29, 0.717) is 5.56 Å². The summed E-state index contributed by atoms with van der Waals surface area (Å²) in [5.41, 5.74) is 1.83. The highest BCUT2D eigenvalue weighted by Gasteiger charge is 2.27. The van der Waals surface area contributed by atoms with Gasteiger partial charge in [0.15, 0.2) is 0 Å². The van der Waals surface area contributed by atoms with Crippen molar-refractivity contribution in [3.8, 4) is 0 Å². The smallest absolute Gasteiger partial charge is 0.251 e. The Bertz CT molecular complexity index is 627. The molecule has 2 aromatic rings. The third-order valence-electron chi connectivity index (χ3n) is 4.12. The van der Waals surface area contributed by atoms with Crippen LogP contribution in [0.3, 0.4) is 0 Å². The zero-order valence-electron chi connectivity index (χ0n) is 12.4. The molecular formula is C18H20FN2O+. The van der Waals surface area contributed by atoms with Gasteiger partial charge in [-0.05, 0) is 24.3 Å². The third kappa shape index (κ3) is 3.71. The Hall–Kier alpha value is -2.20. The molecule has 4 heteroatoms. The van der Waals surface area contributed by atoms with Gasteiger partial charge in [0.2, 0.25) is 0 Å². The average Bonchev–Trinajstić information content (AvgIpc) is 2.96. The van der Waals surface area contributed by atoms with Crippen LogP contribution >= 0.6 is 0 Å². The fraction of sp³-hybridized carbons (Fsp3) is 0.278. The molecule has 2 N–H and O–H groups in total. The molecule has 1 fully saturated rings. The molecule has 1 unspecified atom stereocenters. The standard InChI is InChI=1S/C18H19FN2O/c19-16-8-6-15(7-9-16)18(22)20-17-10-11-21(13-17)12-14-4-2-1-3-5-14/h1-9,17H,10-13H2,(H,20,22)/p+1/t17-/m0/s1. The van der Waals surface area contributed by atoms with E-state index in [1.54, 1.807) is 0 Å². The van der Waals surface area contributed by atoms with Crippen molar-refractivity contribution >= 4 is 5.91 Å². The minimum absolute atomic E-state index is 0.119. The SMILES string of the molecule is O=C(N[C@H]1CC[NH+](Cc2ccccc2)C1)c1ccc(F)cc1. The molecule has 3 nitrogen and oxygen atoms in total. The third-order valence-corrected chi connectivity index (χ3v) is 4.12. The Morgan fingerprint density at radius 2 is 1.86 bits per heavy atom. The van der Waals surface area contributed by atoms with Crippen LogP contribution in [0, 0.1) is 5.82 Å². The van der Waals surface area contributed by atoms with E-state index in [1.165, 1.54) is 34.7 Å². The molecule has 1 saturated heterocycles. The molecule has 0 radical (unpaired) electrons. The highest BCUT2D eigenvalue weighted by molar-refractivity contribution is 5.94. The quantitative estimate of drug-likeness (QED) is 0.879. The second kappa shape index (κ2) is 6.71. The Balaban J connectivity index is 1.52. The fourth-order valence-corrected chi connectivity index (χ4v) is 2.97. The molecule has 1 aliphatic rings. The van der Waals surface area contributed by atoms with Crippen LogP contribution in [-0.4, -0.2) is 25.0 Å².